The SMILES string of the molecule is COC(=O)C[C@H](C(=O)NN(Cc1c(F)cc(C(N)=CC=NCC(F)F)cc1F)C[C@H](O)[C@H](Cc1ccc(C#Cc2ccc(N3C[C@H]4C[C@@H]3CN4C3COC3)nc2)cc1)NC(=O)[C@@H](NC(=O)OC)C(C)(C)C(F)(F)F)C(C)(C)C. The molecule has 0 radical (unpaired) electrons. The van der Waals surface area contributed by atoms with Gasteiger partial charge in [-0.2, -0.15) is 13.2 Å². The van der Waals surface area contributed by atoms with Crippen molar-refractivity contribution in [2.24, 2.45) is 27.5 Å². The number of carbonyl (C=O) groups is 4. The zero-order valence-electron chi connectivity index (χ0n) is 44.3. The number of amides is 3. The van der Waals surface area contributed by atoms with Crippen LogP contribution in [-0.2, 0) is 41.6 Å². The predicted molar refractivity (Wildman–Crippen MR) is 274 cm³/mol. The fraction of sp³-hybridized carbons (Fsp3) is 0.519. The number of hydrogen-bond acceptors (Lipinski definition) is 14. The van der Waals surface area contributed by atoms with Crippen LogP contribution in [0.15, 0.2) is 65.8 Å². The van der Waals surface area contributed by atoms with Crippen LogP contribution in [0.3, 0.4) is 0 Å². The Kier molecular flexibility index (Phi) is 20.0. The van der Waals surface area contributed by atoms with Gasteiger partial charge in [-0.25, -0.2) is 32.3 Å². The first-order valence-electron chi connectivity index (χ1n) is 25.1. The number of pyridine rings is 1. The molecule has 2 aromatic carbocycles. The molecule has 0 aliphatic carbocycles. The van der Waals surface area contributed by atoms with Crippen molar-refractivity contribution >= 4 is 41.6 Å². The third-order valence-electron chi connectivity index (χ3n) is 14.2. The number of aliphatic hydroxyl groups is 1. The van der Waals surface area contributed by atoms with Crippen LogP contribution in [-0.4, -0.2) is 153 Å². The number of nitrogens with one attached hydrogen (secondary N) is 3. The summed E-state index contributed by atoms with van der Waals surface area (Å²) in [5.74, 6) is 0.407. The van der Waals surface area contributed by atoms with Gasteiger partial charge in [0.25, 0.3) is 6.43 Å². The Hall–Kier alpha value is -6.81. The van der Waals surface area contributed by atoms with Gasteiger partial charge in [0, 0.05) is 78.6 Å². The number of ether oxygens (including phenoxy) is 3. The van der Waals surface area contributed by atoms with Crippen LogP contribution in [0.2, 0.25) is 0 Å². The standard InChI is InChI=1S/C54H66F7N9O8/c1-52(2,3)39(22-47(72)76-6)49(73)67-68(27-38-40(55)19-34(20-41(38)56)42(62)16-17-63-24-45(57)58)28-44(71)43(65-50(74)48(66-51(75)77-7)53(4,5)54(59,60)61)18-32-11-8-31(9-12-32)10-13-33-14-15-46(64-23-33)70-26-35-21-36(70)25-69(35)37-29-78-30-37/h8-9,11-12,14-17,19-20,23,35-37,39,43-45,48,71H,18,21-22,24-30,62H2,1-7H3,(H,65,74)(H,66,75)(H,67,73)/t35-,36-,39-,43+,44+,48-/m1/s1. The average Bonchev–Trinajstić information content (AvgIpc) is 3.98. The Bertz CT molecular complexity index is 2700. The highest BCUT2D eigenvalue weighted by Crippen LogP contribution is 2.41. The summed E-state index contributed by atoms with van der Waals surface area (Å²) in [7, 11) is 1.99. The van der Waals surface area contributed by atoms with Gasteiger partial charge in [0.2, 0.25) is 11.8 Å². The lowest BCUT2D eigenvalue weighted by molar-refractivity contribution is -0.220. The van der Waals surface area contributed by atoms with Gasteiger partial charge in [0.05, 0.1) is 69.9 Å². The quantitative estimate of drug-likeness (QED) is 0.0293. The van der Waals surface area contributed by atoms with E-state index in [1.54, 1.807) is 51.2 Å². The van der Waals surface area contributed by atoms with E-state index >= 15 is 8.78 Å². The highest BCUT2D eigenvalue weighted by atomic mass is 19.4. The van der Waals surface area contributed by atoms with Crippen LogP contribution < -0.4 is 26.7 Å². The van der Waals surface area contributed by atoms with E-state index in [1.165, 1.54) is 0 Å². The number of hydrogen-bond donors (Lipinski definition) is 5. The summed E-state index contributed by atoms with van der Waals surface area (Å²) in [6, 6.07) is 9.34. The maximum absolute atomic E-state index is 16.0. The molecule has 24 heteroatoms. The number of hydrazine groups is 1. The van der Waals surface area contributed by atoms with E-state index in [0.29, 0.717) is 48.7 Å². The van der Waals surface area contributed by atoms with Gasteiger partial charge in [-0.3, -0.25) is 29.7 Å². The number of esters is 1. The Balaban J connectivity index is 1.28. The zero-order valence-corrected chi connectivity index (χ0v) is 44.3. The number of carbonyl (C=O) groups excluding carboxylic acids is 4. The van der Waals surface area contributed by atoms with Crippen LogP contribution in [0.1, 0.15) is 75.3 Å². The van der Waals surface area contributed by atoms with Crippen molar-refractivity contribution in [3.63, 3.8) is 0 Å². The molecular formula is C54H66F7N9O8. The largest absolute Gasteiger partial charge is 0.469 e. The molecule has 6 N–H and O–H groups in total. The van der Waals surface area contributed by atoms with Crippen molar-refractivity contribution in [2.45, 2.75) is 109 Å². The first-order valence-corrected chi connectivity index (χ1v) is 25.1. The number of fused-ring (bicyclic) bond motifs is 2. The van der Waals surface area contributed by atoms with Crippen LogP contribution in [0.25, 0.3) is 5.70 Å². The summed E-state index contributed by atoms with van der Waals surface area (Å²) in [5, 5.41) is 17.4. The highest BCUT2D eigenvalue weighted by Gasteiger charge is 2.56. The highest BCUT2D eigenvalue weighted by molar-refractivity contribution is 5.87. The van der Waals surface area contributed by atoms with Crippen LogP contribution in [0, 0.1) is 40.2 Å². The number of nitrogens with two attached hydrogens (primary N) is 1. The maximum Gasteiger partial charge on any atom is 0.407 e. The second kappa shape index (κ2) is 25.8. The van der Waals surface area contributed by atoms with Crippen LogP contribution in [0.5, 0.6) is 0 Å². The van der Waals surface area contributed by atoms with Crippen LogP contribution >= 0.6 is 0 Å². The van der Waals surface area contributed by atoms with Gasteiger partial charge in [0.1, 0.15) is 23.5 Å². The number of anilines is 1. The number of nitrogens with zero attached hydrogens (tertiary/aromatic N) is 5. The molecular weight excluding hydrogens is 1040 g/mol. The molecule has 3 amide bonds. The molecule has 424 valence electrons. The molecule has 6 rings (SSSR count). The van der Waals surface area contributed by atoms with Gasteiger partial charge >= 0.3 is 18.2 Å². The fourth-order valence-electron chi connectivity index (χ4n) is 9.32. The van der Waals surface area contributed by atoms with E-state index in [-0.39, 0.29) is 17.7 Å². The van der Waals surface area contributed by atoms with Crippen molar-refractivity contribution in [1.29, 1.82) is 0 Å². The van der Waals surface area contributed by atoms with E-state index < -0.39 is 115 Å². The Morgan fingerprint density at radius 2 is 1.58 bits per heavy atom. The lowest BCUT2D eigenvalue weighted by Crippen LogP contribution is -2.62. The number of likely N-dealkylation sites (tertiary alicyclic amines) is 1. The van der Waals surface area contributed by atoms with Crippen molar-refractivity contribution < 1.29 is 69.2 Å². The lowest BCUT2D eigenvalue weighted by atomic mass is 9.78. The predicted octanol–water partition coefficient (Wildman–Crippen LogP) is 5.52. The molecule has 3 saturated heterocycles. The summed E-state index contributed by atoms with van der Waals surface area (Å²) < 4.78 is 116. The molecule has 6 atom stereocenters. The number of piperazine rings is 1. The number of benzene rings is 2. The number of aromatic nitrogens is 1. The third kappa shape index (κ3) is 15.5. The van der Waals surface area contributed by atoms with Gasteiger partial charge in [0.15, 0.2) is 0 Å². The molecule has 0 spiro atoms. The monoisotopic (exact) mass is 1100 g/mol. The summed E-state index contributed by atoms with van der Waals surface area (Å²) >= 11 is 0. The zero-order chi connectivity index (χ0) is 57.3. The van der Waals surface area contributed by atoms with Crippen molar-refractivity contribution in [3.05, 3.63) is 100 Å². The Morgan fingerprint density at radius 1 is 0.923 bits per heavy atom. The topological polar surface area (TPSA) is 213 Å². The maximum atomic E-state index is 16.0. The first-order chi connectivity index (χ1) is 36.7. The number of aliphatic hydroxyl groups excluding tert-OH is 1. The van der Waals surface area contributed by atoms with E-state index in [4.69, 9.17) is 15.2 Å². The molecule has 3 fully saturated rings. The minimum Gasteiger partial charge on any atom is -0.469 e. The van der Waals surface area contributed by atoms with E-state index in [9.17, 15) is 46.2 Å². The summed E-state index contributed by atoms with van der Waals surface area (Å²) in [5.41, 5.74) is 5.06. The molecule has 2 bridgehead atoms. The summed E-state index contributed by atoms with van der Waals surface area (Å²) in [4.78, 5) is 66.2. The number of alkyl carbamates (subject to hydrolysis) is 1. The van der Waals surface area contributed by atoms with Crippen molar-refractivity contribution in [3.8, 4) is 11.8 Å². The Labute approximate surface area is 448 Å². The summed E-state index contributed by atoms with van der Waals surface area (Å²) in [6.45, 7) is 7.19. The number of allylic oxidation sites excluding steroid dienone is 1. The van der Waals surface area contributed by atoms with Crippen LogP contribution in [0.4, 0.5) is 41.3 Å². The molecule has 17 nitrogen and oxygen atoms in total. The molecule has 3 aliphatic rings. The molecule has 0 saturated carbocycles. The normalized spacial score (nSPS) is 18.7. The molecule has 1 aromatic heterocycles. The lowest BCUT2D eigenvalue weighted by Gasteiger charge is -2.42. The summed E-state index contributed by atoms with van der Waals surface area (Å²) in [6.07, 6.45) is -7.11. The number of aliphatic imine (C=N–C) groups is 1. The third-order valence-corrected chi connectivity index (χ3v) is 14.2. The second-order valence-corrected chi connectivity index (χ2v) is 21.1. The van der Waals surface area contributed by atoms with Gasteiger partial charge in [-0.15, -0.1) is 0 Å². The van der Waals surface area contributed by atoms with Crippen molar-refractivity contribution in [1.82, 2.24) is 31.0 Å². The van der Waals surface area contributed by atoms with Crippen molar-refractivity contribution in [2.75, 3.05) is 58.5 Å². The fourth-order valence-corrected chi connectivity index (χ4v) is 9.32. The molecule has 3 aromatic rings. The molecule has 4 heterocycles. The Morgan fingerprint density at radius 3 is 2.12 bits per heavy atom. The minimum atomic E-state index is -5.08. The van der Waals surface area contributed by atoms with E-state index in [1.807, 2.05) is 17.4 Å². The minimum absolute atomic E-state index is 0.210. The number of methoxy groups -OCH3 is 2. The average molecular weight is 1100 g/mol. The van der Waals surface area contributed by atoms with E-state index in [0.717, 1.165) is 82.2 Å². The number of halogens is 7. The first kappa shape index (κ1) is 60.4. The molecule has 3 aliphatic heterocycles. The smallest absolute Gasteiger partial charge is 0.407 e. The molecule has 0 unspecified atom stereocenters. The number of alkyl halides is 5. The second-order valence-electron chi connectivity index (χ2n) is 21.1. The molecule has 78 heavy (non-hydrogen) atoms. The van der Waals surface area contributed by atoms with Gasteiger partial charge in [-0.1, -0.05) is 44.7 Å². The van der Waals surface area contributed by atoms with Gasteiger partial charge in [-0.05, 0) is 80.1 Å². The van der Waals surface area contributed by atoms with Gasteiger partial charge < -0.3 is 40.6 Å². The van der Waals surface area contributed by atoms with E-state index in [2.05, 4.69) is 47.1 Å². The number of rotatable bonds is 21.